The molecule has 0 radical (unpaired) electrons. The van der Waals surface area contributed by atoms with Crippen LogP contribution < -0.4 is 10.7 Å². The summed E-state index contributed by atoms with van der Waals surface area (Å²) < 4.78 is 12.7. The summed E-state index contributed by atoms with van der Waals surface area (Å²) in [5, 5.41) is 0.970. The van der Waals surface area contributed by atoms with Crippen molar-refractivity contribution in [3.8, 4) is 0 Å². The minimum atomic E-state index is -0.309. The van der Waals surface area contributed by atoms with Gasteiger partial charge in [0.25, 0.3) is 0 Å². The molecule has 2 saturated heterocycles. The van der Waals surface area contributed by atoms with Crippen LogP contribution in [0.5, 0.6) is 0 Å². The van der Waals surface area contributed by atoms with Crippen molar-refractivity contribution in [3.63, 3.8) is 0 Å². The van der Waals surface area contributed by atoms with Gasteiger partial charge in [-0.05, 0) is 19.5 Å². The molecule has 30 heavy (non-hydrogen) atoms. The van der Waals surface area contributed by atoms with E-state index in [4.69, 9.17) is 9.15 Å². The fraction of sp³-hybridized carbons (Fsp3) is 0.571. The highest BCUT2D eigenvalue weighted by Gasteiger charge is 2.20. The predicted molar refractivity (Wildman–Crippen MR) is 115 cm³/mol. The molecule has 1 aromatic carbocycles. The van der Waals surface area contributed by atoms with Crippen LogP contribution in [0.3, 0.4) is 0 Å². The molecule has 0 unspecified atom stereocenters. The maximum Gasteiger partial charge on any atom is 0.419 e. The molecule has 0 atom stereocenters. The lowest BCUT2D eigenvalue weighted by atomic mass is 10.2. The van der Waals surface area contributed by atoms with Gasteiger partial charge < -0.3 is 19.0 Å². The molecule has 0 N–H and O–H groups in total. The van der Waals surface area contributed by atoms with Crippen molar-refractivity contribution >= 4 is 27.8 Å². The number of benzene rings is 1. The number of morpholine rings is 1. The second-order valence-electron chi connectivity index (χ2n) is 8.15. The molecule has 0 aliphatic carbocycles. The van der Waals surface area contributed by atoms with Gasteiger partial charge in [-0.25, -0.2) is 14.8 Å². The van der Waals surface area contributed by atoms with Gasteiger partial charge in [0.15, 0.2) is 5.58 Å². The Kier molecular flexibility index (Phi) is 5.41. The van der Waals surface area contributed by atoms with Gasteiger partial charge in [-0.15, -0.1) is 0 Å². The normalized spacial score (nSPS) is 19.2. The van der Waals surface area contributed by atoms with Gasteiger partial charge in [0.1, 0.15) is 12.1 Å². The molecule has 9 heteroatoms. The number of fused-ring (bicyclic) bond motifs is 2. The van der Waals surface area contributed by atoms with E-state index in [1.807, 2.05) is 12.1 Å². The number of piperazine rings is 1. The number of hydrogen-bond donors (Lipinski definition) is 0. The maximum absolute atomic E-state index is 12.5. The highest BCUT2D eigenvalue weighted by molar-refractivity contribution is 5.98. The van der Waals surface area contributed by atoms with Crippen LogP contribution in [-0.4, -0.2) is 90.4 Å². The van der Waals surface area contributed by atoms with E-state index in [2.05, 4.69) is 31.7 Å². The SMILES string of the molecule is CN1CCN(c2ncnc3cc4oc(=O)n(CCCN5CCOCC5)c4cc23)CC1. The summed E-state index contributed by atoms with van der Waals surface area (Å²) in [5.74, 6) is 0.625. The summed E-state index contributed by atoms with van der Waals surface area (Å²) in [6.45, 7) is 8.94. The van der Waals surface area contributed by atoms with Crippen LogP contribution in [0.15, 0.2) is 27.7 Å². The predicted octanol–water partition coefficient (Wildman–Crippen LogP) is 1.01. The van der Waals surface area contributed by atoms with Crippen molar-refractivity contribution in [2.75, 3.05) is 71.0 Å². The van der Waals surface area contributed by atoms with E-state index in [0.29, 0.717) is 12.1 Å². The van der Waals surface area contributed by atoms with Gasteiger partial charge in [0, 0.05) is 63.8 Å². The number of anilines is 1. The van der Waals surface area contributed by atoms with Gasteiger partial charge in [-0.2, -0.15) is 0 Å². The third-order valence-electron chi connectivity index (χ3n) is 6.17. The first-order valence-electron chi connectivity index (χ1n) is 10.7. The first kappa shape index (κ1) is 19.5. The topological polar surface area (TPSA) is 79.9 Å². The van der Waals surface area contributed by atoms with E-state index in [9.17, 15) is 4.79 Å². The summed E-state index contributed by atoms with van der Waals surface area (Å²) >= 11 is 0. The molecular weight excluding hydrogens is 384 g/mol. The van der Waals surface area contributed by atoms with Crippen molar-refractivity contribution < 1.29 is 9.15 Å². The number of oxazole rings is 1. The highest BCUT2D eigenvalue weighted by atomic mass is 16.5. The summed E-state index contributed by atoms with van der Waals surface area (Å²) in [7, 11) is 2.14. The van der Waals surface area contributed by atoms with Gasteiger partial charge in [-0.3, -0.25) is 9.47 Å². The Morgan fingerprint density at radius 1 is 1.00 bits per heavy atom. The number of rotatable bonds is 5. The first-order valence-corrected chi connectivity index (χ1v) is 10.7. The average Bonchev–Trinajstić information content (AvgIpc) is 3.07. The van der Waals surface area contributed by atoms with E-state index in [-0.39, 0.29) is 5.76 Å². The Bertz CT molecular complexity index is 1080. The molecule has 2 aliphatic rings. The number of ether oxygens (including phenoxy) is 1. The van der Waals surface area contributed by atoms with Gasteiger partial charge >= 0.3 is 5.76 Å². The third kappa shape index (κ3) is 3.80. The van der Waals surface area contributed by atoms with E-state index in [0.717, 1.165) is 87.7 Å². The molecule has 2 aliphatic heterocycles. The molecule has 9 nitrogen and oxygen atoms in total. The zero-order chi connectivity index (χ0) is 20.5. The number of aryl methyl sites for hydroxylation is 1. The standard InChI is InChI=1S/C21H28N6O3/c1-24-5-7-26(8-6-24)20-16-13-18-19(14-17(16)22-15-23-20)30-21(28)27(18)4-2-3-25-9-11-29-12-10-25/h13-15H,2-12H2,1H3. The lowest BCUT2D eigenvalue weighted by molar-refractivity contribution is 0.0369. The summed E-state index contributed by atoms with van der Waals surface area (Å²) in [5.41, 5.74) is 2.21. The van der Waals surface area contributed by atoms with Crippen molar-refractivity contribution in [2.45, 2.75) is 13.0 Å². The fourth-order valence-electron chi connectivity index (χ4n) is 4.36. The van der Waals surface area contributed by atoms with Crippen molar-refractivity contribution in [3.05, 3.63) is 29.0 Å². The number of likely N-dealkylation sites (N-methyl/N-ethyl adjacent to an activating group) is 1. The van der Waals surface area contributed by atoms with Crippen LogP contribution in [0.25, 0.3) is 22.0 Å². The number of aromatic nitrogens is 3. The second-order valence-corrected chi connectivity index (χ2v) is 8.15. The Labute approximate surface area is 174 Å². The second kappa shape index (κ2) is 8.33. The van der Waals surface area contributed by atoms with Gasteiger partial charge in [-0.1, -0.05) is 0 Å². The molecule has 0 bridgehead atoms. The lowest BCUT2D eigenvalue weighted by Crippen LogP contribution is -2.44. The van der Waals surface area contributed by atoms with Crippen LogP contribution in [0.1, 0.15) is 6.42 Å². The van der Waals surface area contributed by atoms with E-state index >= 15 is 0 Å². The molecular formula is C21H28N6O3. The average molecular weight is 412 g/mol. The molecule has 2 aromatic heterocycles. The monoisotopic (exact) mass is 412 g/mol. The van der Waals surface area contributed by atoms with Gasteiger partial charge in [0.2, 0.25) is 0 Å². The van der Waals surface area contributed by atoms with Crippen LogP contribution in [0.4, 0.5) is 5.82 Å². The maximum atomic E-state index is 12.5. The summed E-state index contributed by atoms with van der Waals surface area (Å²) in [6.07, 6.45) is 2.49. The molecule has 0 amide bonds. The lowest BCUT2D eigenvalue weighted by Gasteiger charge is -2.33. The molecule has 3 aromatic rings. The Hall–Kier alpha value is -2.49. The first-order chi connectivity index (χ1) is 14.7. The quantitative estimate of drug-likeness (QED) is 0.614. The van der Waals surface area contributed by atoms with Crippen LogP contribution in [-0.2, 0) is 11.3 Å². The summed E-state index contributed by atoms with van der Waals surface area (Å²) in [6, 6.07) is 3.89. The highest BCUT2D eigenvalue weighted by Crippen LogP contribution is 2.28. The smallest absolute Gasteiger partial charge is 0.408 e. The molecule has 0 spiro atoms. The van der Waals surface area contributed by atoms with Gasteiger partial charge in [0.05, 0.1) is 24.2 Å². The van der Waals surface area contributed by atoms with E-state index in [1.54, 1.807) is 10.9 Å². The van der Waals surface area contributed by atoms with Crippen LogP contribution >= 0.6 is 0 Å². The van der Waals surface area contributed by atoms with E-state index < -0.39 is 0 Å². The molecule has 2 fully saturated rings. The fourth-order valence-corrected chi connectivity index (χ4v) is 4.36. The zero-order valence-electron chi connectivity index (χ0n) is 17.4. The minimum absolute atomic E-state index is 0.309. The van der Waals surface area contributed by atoms with Crippen molar-refractivity contribution in [2.24, 2.45) is 0 Å². The molecule has 160 valence electrons. The Morgan fingerprint density at radius 3 is 2.60 bits per heavy atom. The molecule has 5 rings (SSSR count). The Morgan fingerprint density at radius 2 is 1.80 bits per heavy atom. The minimum Gasteiger partial charge on any atom is -0.408 e. The Balaban J connectivity index is 1.44. The number of nitrogens with zero attached hydrogens (tertiary/aromatic N) is 6. The number of hydrogen-bond acceptors (Lipinski definition) is 8. The summed E-state index contributed by atoms with van der Waals surface area (Å²) in [4.78, 5) is 28.5. The molecule has 4 heterocycles. The largest absolute Gasteiger partial charge is 0.419 e. The van der Waals surface area contributed by atoms with Crippen LogP contribution in [0.2, 0.25) is 0 Å². The zero-order valence-corrected chi connectivity index (χ0v) is 17.4. The van der Waals surface area contributed by atoms with Crippen LogP contribution in [0, 0.1) is 0 Å². The van der Waals surface area contributed by atoms with E-state index in [1.165, 1.54) is 0 Å². The molecule has 0 saturated carbocycles. The van der Waals surface area contributed by atoms with Crippen molar-refractivity contribution in [1.29, 1.82) is 0 Å². The third-order valence-corrected chi connectivity index (χ3v) is 6.17. The van der Waals surface area contributed by atoms with Crippen molar-refractivity contribution in [1.82, 2.24) is 24.3 Å².